The standard InChI is InChI=1S/C17H29NO/c1-5-11-18-16(15-12-13(2)19-14(15)3)17(4)9-7-6-8-10-17/h12,16,18H,5-11H2,1-4H3. The molecule has 2 heteroatoms. The van der Waals surface area contributed by atoms with Crippen LogP contribution in [0.15, 0.2) is 10.5 Å². The largest absolute Gasteiger partial charge is 0.466 e. The summed E-state index contributed by atoms with van der Waals surface area (Å²) in [4.78, 5) is 0. The fraction of sp³-hybridized carbons (Fsp3) is 0.765. The van der Waals surface area contributed by atoms with E-state index in [2.05, 4.69) is 39.1 Å². The maximum Gasteiger partial charge on any atom is 0.105 e. The van der Waals surface area contributed by atoms with Crippen molar-refractivity contribution in [1.82, 2.24) is 5.32 Å². The highest BCUT2D eigenvalue weighted by atomic mass is 16.3. The fourth-order valence-corrected chi connectivity index (χ4v) is 3.61. The minimum atomic E-state index is 0.383. The van der Waals surface area contributed by atoms with E-state index in [0.29, 0.717) is 11.5 Å². The van der Waals surface area contributed by atoms with Crippen LogP contribution in [0.4, 0.5) is 0 Å². The van der Waals surface area contributed by atoms with Crippen molar-refractivity contribution in [2.75, 3.05) is 6.54 Å². The predicted octanol–water partition coefficient (Wildman–Crippen LogP) is 4.91. The summed E-state index contributed by atoms with van der Waals surface area (Å²) in [7, 11) is 0. The van der Waals surface area contributed by atoms with Crippen LogP contribution in [0.1, 0.15) is 75.5 Å². The first-order valence-corrected chi connectivity index (χ1v) is 7.87. The quantitative estimate of drug-likeness (QED) is 0.816. The Kier molecular flexibility index (Phi) is 4.72. The van der Waals surface area contributed by atoms with E-state index < -0.39 is 0 Å². The molecule has 2 rings (SSSR count). The SMILES string of the molecule is CCCNC(c1cc(C)oc1C)C1(C)CCCCC1. The molecule has 1 aliphatic carbocycles. The number of nitrogens with one attached hydrogen (secondary N) is 1. The predicted molar refractivity (Wildman–Crippen MR) is 80.4 cm³/mol. The zero-order chi connectivity index (χ0) is 13.9. The van der Waals surface area contributed by atoms with E-state index in [-0.39, 0.29) is 0 Å². The second-order valence-corrected chi connectivity index (χ2v) is 6.47. The van der Waals surface area contributed by atoms with E-state index in [4.69, 9.17) is 4.42 Å². The van der Waals surface area contributed by atoms with Gasteiger partial charge in [0.1, 0.15) is 11.5 Å². The number of aryl methyl sites for hydroxylation is 2. The van der Waals surface area contributed by atoms with Crippen LogP contribution in [0.3, 0.4) is 0 Å². The lowest BCUT2D eigenvalue weighted by molar-refractivity contribution is 0.143. The maximum atomic E-state index is 5.77. The van der Waals surface area contributed by atoms with Crippen molar-refractivity contribution >= 4 is 0 Å². The second kappa shape index (κ2) is 6.13. The van der Waals surface area contributed by atoms with Gasteiger partial charge in [0.2, 0.25) is 0 Å². The van der Waals surface area contributed by atoms with Gasteiger partial charge in [0.05, 0.1) is 0 Å². The van der Waals surface area contributed by atoms with E-state index in [9.17, 15) is 0 Å². The van der Waals surface area contributed by atoms with Gasteiger partial charge in [0.15, 0.2) is 0 Å². The molecule has 0 aromatic carbocycles. The molecule has 1 heterocycles. The summed E-state index contributed by atoms with van der Waals surface area (Å²) in [5, 5.41) is 3.79. The van der Waals surface area contributed by atoms with Crippen molar-refractivity contribution in [2.45, 2.75) is 72.3 Å². The molecule has 2 nitrogen and oxygen atoms in total. The molecule has 1 aromatic heterocycles. The van der Waals surface area contributed by atoms with Crippen molar-refractivity contribution < 1.29 is 4.42 Å². The molecule has 1 N–H and O–H groups in total. The van der Waals surface area contributed by atoms with Crippen LogP contribution in [0.2, 0.25) is 0 Å². The van der Waals surface area contributed by atoms with Gasteiger partial charge < -0.3 is 9.73 Å². The smallest absolute Gasteiger partial charge is 0.105 e. The van der Waals surface area contributed by atoms with E-state index in [1.165, 1.54) is 44.1 Å². The Morgan fingerprint density at radius 1 is 1.26 bits per heavy atom. The Balaban J connectivity index is 2.26. The maximum absolute atomic E-state index is 5.77. The summed E-state index contributed by atoms with van der Waals surface area (Å²) in [5.41, 5.74) is 1.77. The summed E-state index contributed by atoms with van der Waals surface area (Å²) in [6.45, 7) is 9.94. The summed E-state index contributed by atoms with van der Waals surface area (Å²) < 4.78 is 5.77. The first-order chi connectivity index (χ1) is 9.07. The van der Waals surface area contributed by atoms with Gasteiger partial charge in [-0.15, -0.1) is 0 Å². The number of hydrogen-bond donors (Lipinski definition) is 1. The Morgan fingerprint density at radius 3 is 2.47 bits per heavy atom. The first-order valence-electron chi connectivity index (χ1n) is 7.87. The summed E-state index contributed by atoms with van der Waals surface area (Å²) >= 11 is 0. The Labute approximate surface area is 118 Å². The third kappa shape index (κ3) is 3.22. The lowest BCUT2D eigenvalue weighted by Crippen LogP contribution is -2.38. The van der Waals surface area contributed by atoms with Crippen LogP contribution in [-0.2, 0) is 0 Å². The lowest BCUT2D eigenvalue weighted by atomic mass is 9.68. The average Bonchev–Trinajstić information content (AvgIpc) is 2.70. The second-order valence-electron chi connectivity index (χ2n) is 6.47. The Bertz CT molecular complexity index is 401. The number of hydrogen-bond acceptors (Lipinski definition) is 2. The summed E-state index contributed by atoms with van der Waals surface area (Å²) in [6, 6.07) is 2.69. The molecular weight excluding hydrogens is 234 g/mol. The molecule has 1 fully saturated rings. The molecule has 0 spiro atoms. The minimum absolute atomic E-state index is 0.383. The van der Waals surface area contributed by atoms with Crippen molar-refractivity contribution in [3.63, 3.8) is 0 Å². The molecule has 1 aromatic rings. The van der Waals surface area contributed by atoms with Crippen molar-refractivity contribution in [3.05, 3.63) is 23.2 Å². The van der Waals surface area contributed by atoms with Crippen LogP contribution in [0, 0.1) is 19.3 Å². The normalized spacial score (nSPS) is 20.4. The highest BCUT2D eigenvalue weighted by molar-refractivity contribution is 5.26. The van der Waals surface area contributed by atoms with E-state index in [0.717, 1.165) is 18.1 Å². The number of rotatable bonds is 5. The average molecular weight is 263 g/mol. The minimum Gasteiger partial charge on any atom is -0.466 e. The Hall–Kier alpha value is -0.760. The van der Waals surface area contributed by atoms with Gasteiger partial charge in [0, 0.05) is 11.6 Å². The van der Waals surface area contributed by atoms with Gasteiger partial charge in [0.25, 0.3) is 0 Å². The molecule has 108 valence electrons. The molecule has 0 saturated heterocycles. The van der Waals surface area contributed by atoms with Crippen LogP contribution >= 0.6 is 0 Å². The lowest BCUT2D eigenvalue weighted by Gasteiger charge is -2.41. The van der Waals surface area contributed by atoms with Crippen molar-refractivity contribution in [2.24, 2.45) is 5.41 Å². The Morgan fingerprint density at radius 2 is 1.95 bits per heavy atom. The zero-order valence-electron chi connectivity index (χ0n) is 13.0. The highest BCUT2D eigenvalue weighted by Gasteiger charge is 2.37. The van der Waals surface area contributed by atoms with Crippen LogP contribution < -0.4 is 5.32 Å². The van der Waals surface area contributed by atoms with Gasteiger partial charge in [-0.25, -0.2) is 0 Å². The van der Waals surface area contributed by atoms with Gasteiger partial charge >= 0.3 is 0 Å². The van der Waals surface area contributed by atoms with Crippen LogP contribution in [-0.4, -0.2) is 6.54 Å². The molecule has 1 unspecified atom stereocenters. The highest BCUT2D eigenvalue weighted by Crippen LogP contribution is 2.46. The molecule has 1 saturated carbocycles. The van der Waals surface area contributed by atoms with Gasteiger partial charge in [-0.2, -0.15) is 0 Å². The van der Waals surface area contributed by atoms with E-state index in [1.54, 1.807) is 0 Å². The third-order valence-corrected chi connectivity index (χ3v) is 4.68. The molecule has 0 bridgehead atoms. The fourth-order valence-electron chi connectivity index (χ4n) is 3.61. The molecular formula is C17H29NO. The number of furan rings is 1. The monoisotopic (exact) mass is 263 g/mol. The van der Waals surface area contributed by atoms with Crippen molar-refractivity contribution in [3.8, 4) is 0 Å². The summed E-state index contributed by atoms with van der Waals surface area (Å²) in [6.07, 6.45) is 7.99. The van der Waals surface area contributed by atoms with Crippen LogP contribution in [0.25, 0.3) is 0 Å². The topological polar surface area (TPSA) is 25.2 Å². The first kappa shape index (κ1) is 14.6. The zero-order valence-corrected chi connectivity index (χ0v) is 13.0. The molecule has 0 amide bonds. The summed E-state index contributed by atoms with van der Waals surface area (Å²) in [5.74, 6) is 2.13. The van der Waals surface area contributed by atoms with Crippen LogP contribution in [0.5, 0.6) is 0 Å². The third-order valence-electron chi connectivity index (χ3n) is 4.68. The van der Waals surface area contributed by atoms with Crippen molar-refractivity contribution in [1.29, 1.82) is 0 Å². The molecule has 1 aliphatic rings. The van der Waals surface area contributed by atoms with Gasteiger partial charge in [-0.3, -0.25) is 0 Å². The molecule has 1 atom stereocenters. The van der Waals surface area contributed by atoms with E-state index in [1.807, 2.05) is 0 Å². The van der Waals surface area contributed by atoms with Gasteiger partial charge in [-0.05, 0) is 51.1 Å². The molecule has 0 radical (unpaired) electrons. The van der Waals surface area contributed by atoms with Gasteiger partial charge in [-0.1, -0.05) is 33.1 Å². The molecule has 0 aliphatic heterocycles. The van der Waals surface area contributed by atoms with E-state index >= 15 is 0 Å². The molecule has 19 heavy (non-hydrogen) atoms.